The van der Waals surface area contributed by atoms with Gasteiger partial charge in [0.1, 0.15) is 10.8 Å². The van der Waals surface area contributed by atoms with E-state index in [0.29, 0.717) is 6.54 Å². The SMILES string of the molecule is CCc1ccc(-c2nc(CC(=O)NCc3ccco3)cs2)cc1. The lowest BCUT2D eigenvalue weighted by Gasteiger charge is -2.01. The topological polar surface area (TPSA) is 55.1 Å². The van der Waals surface area contributed by atoms with Crippen molar-refractivity contribution < 1.29 is 9.21 Å². The van der Waals surface area contributed by atoms with Crippen molar-refractivity contribution in [3.63, 3.8) is 0 Å². The highest BCUT2D eigenvalue weighted by atomic mass is 32.1. The molecule has 1 amide bonds. The lowest BCUT2D eigenvalue weighted by atomic mass is 10.1. The lowest BCUT2D eigenvalue weighted by Crippen LogP contribution is -2.24. The molecule has 1 N–H and O–H groups in total. The Morgan fingerprint density at radius 3 is 2.78 bits per heavy atom. The molecule has 2 aromatic heterocycles. The molecule has 1 aromatic carbocycles. The van der Waals surface area contributed by atoms with Gasteiger partial charge in [-0.05, 0) is 24.1 Å². The highest BCUT2D eigenvalue weighted by Gasteiger charge is 2.09. The number of benzene rings is 1. The van der Waals surface area contributed by atoms with Gasteiger partial charge in [0.05, 0.1) is 24.9 Å². The third-order valence-corrected chi connectivity index (χ3v) is 4.48. The number of rotatable bonds is 6. The predicted octanol–water partition coefficient (Wildman–Crippen LogP) is 3.82. The number of amides is 1. The van der Waals surface area contributed by atoms with Gasteiger partial charge in [-0.2, -0.15) is 0 Å². The van der Waals surface area contributed by atoms with Crippen LogP contribution in [0.4, 0.5) is 0 Å². The third kappa shape index (κ3) is 4.07. The number of nitrogens with one attached hydrogen (secondary N) is 1. The van der Waals surface area contributed by atoms with Crippen LogP contribution in [-0.2, 0) is 24.2 Å². The van der Waals surface area contributed by atoms with Crippen LogP contribution in [0.2, 0.25) is 0 Å². The Labute approximate surface area is 139 Å². The second kappa shape index (κ2) is 7.24. The van der Waals surface area contributed by atoms with Crippen LogP contribution in [0.25, 0.3) is 10.6 Å². The molecule has 0 saturated heterocycles. The summed E-state index contributed by atoms with van der Waals surface area (Å²) < 4.78 is 5.19. The molecule has 0 unspecified atom stereocenters. The molecule has 23 heavy (non-hydrogen) atoms. The molecule has 0 saturated carbocycles. The fraction of sp³-hybridized carbons (Fsp3) is 0.222. The van der Waals surface area contributed by atoms with Gasteiger partial charge in [-0.15, -0.1) is 11.3 Å². The van der Waals surface area contributed by atoms with Crippen LogP contribution in [0.15, 0.2) is 52.5 Å². The summed E-state index contributed by atoms with van der Waals surface area (Å²) in [5.74, 6) is 0.688. The number of hydrogen-bond donors (Lipinski definition) is 1. The number of nitrogens with zero attached hydrogens (tertiary/aromatic N) is 1. The molecule has 0 bridgehead atoms. The van der Waals surface area contributed by atoms with E-state index in [2.05, 4.69) is 41.5 Å². The van der Waals surface area contributed by atoms with Crippen LogP contribution >= 0.6 is 11.3 Å². The van der Waals surface area contributed by atoms with Crippen molar-refractivity contribution in [1.82, 2.24) is 10.3 Å². The summed E-state index contributed by atoms with van der Waals surface area (Å²) in [6.07, 6.45) is 2.90. The van der Waals surface area contributed by atoms with Gasteiger partial charge in [0.15, 0.2) is 0 Å². The molecular weight excluding hydrogens is 308 g/mol. The van der Waals surface area contributed by atoms with Crippen LogP contribution in [0.1, 0.15) is 23.9 Å². The van der Waals surface area contributed by atoms with Crippen molar-refractivity contribution in [3.8, 4) is 10.6 Å². The minimum Gasteiger partial charge on any atom is -0.467 e. The van der Waals surface area contributed by atoms with E-state index in [0.717, 1.165) is 28.4 Å². The number of carbonyl (C=O) groups is 1. The van der Waals surface area contributed by atoms with Crippen LogP contribution < -0.4 is 5.32 Å². The molecule has 0 radical (unpaired) electrons. The van der Waals surface area contributed by atoms with E-state index < -0.39 is 0 Å². The molecule has 0 aliphatic rings. The molecule has 0 aliphatic carbocycles. The minimum atomic E-state index is -0.0559. The smallest absolute Gasteiger partial charge is 0.226 e. The summed E-state index contributed by atoms with van der Waals surface area (Å²) in [6, 6.07) is 12.0. The first-order chi connectivity index (χ1) is 11.2. The van der Waals surface area contributed by atoms with Crippen LogP contribution in [0, 0.1) is 0 Å². The maximum atomic E-state index is 11.9. The summed E-state index contributed by atoms with van der Waals surface area (Å²) in [5.41, 5.74) is 3.19. The Morgan fingerprint density at radius 1 is 1.26 bits per heavy atom. The molecule has 2 heterocycles. The van der Waals surface area contributed by atoms with Crippen molar-refractivity contribution in [3.05, 3.63) is 65.1 Å². The van der Waals surface area contributed by atoms with Gasteiger partial charge in [0.25, 0.3) is 0 Å². The van der Waals surface area contributed by atoms with Gasteiger partial charge in [-0.25, -0.2) is 4.98 Å². The first-order valence-corrected chi connectivity index (χ1v) is 8.45. The molecule has 5 heteroatoms. The van der Waals surface area contributed by atoms with Crippen molar-refractivity contribution in [2.24, 2.45) is 0 Å². The largest absolute Gasteiger partial charge is 0.467 e. The maximum absolute atomic E-state index is 11.9. The van der Waals surface area contributed by atoms with Crippen LogP contribution in [0.5, 0.6) is 0 Å². The summed E-state index contributed by atoms with van der Waals surface area (Å²) in [6.45, 7) is 2.54. The summed E-state index contributed by atoms with van der Waals surface area (Å²) in [4.78, 5) is 16.5. The Morgan fingerprint density at radius 2 is 2.09 bits per heavy atom. The Balaban J connectivity index is 1.58. The van der Waals surface area contributed by atoms with E-state index in [9.17, 15) is 4.79 Å². The van der Waals surface area contributed by atoms with Gasteiger partial charge >= 0.3 is 0 Å². The van der Waals surface area contributed by atoms with Crippen molar-refractivity contribution in [2.45, 2.75) is 26.3 Å². The number of thiazole rings is 1. The van der Waals surface area contributed by atoms with E-state index in [1.165, 1.54) is 5.56 Å². The summed E-state index contributed by atoms with van der Waals surface area (Å²) in [7, 11) is 0. The highest BCUT2D eigenvalue weighted by molar-refractivity contribution is 7.13. The van der Waals surface area contributed by atoms with Gasteiger partial charge < -0.3 is 9.73 Å². The standard InChI is InChI=1S/C18H18N2O2S/c1-2-13-5-7-14(8-6-13)18-20-15(12-23-18)10-17(21)19-11-16-4-3-9-22-16/h3-9,12H,2,10-11H2,1H3,(H,19,21). The van der Waals surface area contributed by atoms with E-state index in [4.69, 9.17) is 4.42 Å². The summed E-state index contributed by atoms with van der Waals surface area (Å²) >= 11 is 1.56. The van der Waals surface area contributed by atoms with E-state index in [-0.39, 0.29) is 12.3 Å². The number of aromatic nitrogens is 1. The van der Waals surface area contributed by atoms with Gasteiger partial charge in [-0.1, -0.05) is 31.2 Å². The number of hydrogen-bond acceptors (Lipinski definition) is 4. The van der Waals surface area contributed by atoms with Gasteiger partial charge in [0.2, 0.25) is 5.91 Å². The summed E-state index contributed by atoms with van der Waals surface area (Å²) in [5, 5.41) is 5.72. The van der Waals surface area contributed by atoms with Crippen molar-refractivity contribution >= 4 is 17.2 Å². The fourth-order valence-electron chi connectivity index (χ4n) is 2.23. The van der Waals surface area contributed by atoms with Crippen molar-refractivity contribution in [2.75, 3.05) is 0 Å². The Hall–Kier alpha value is -2.40. The molecule has 0 spiro atoms. The maximum Gasteiger partial charge on any atom is 0.226 e. The zero-order valence-electron chi connectivity index (χ0n) is 12.9. The van der Waals surface area contributed by atoms with E-state index >= 15 is 0 Å². The first-order valence-electron chi connectivity index (χ1n) is 7.57. The fourth-order valence-corrected chi connectivity index (χ4v) is 3.06. The molecule has 3 aromatic rings. The number of aryl methyl sites for hydroxylation is 1. The average Bonchev–Trinajstić information content (AvgIpc) is 3.25. The van der Waals surface area contributed by atoms with Gasteiger partial charge in [0, 0.05) is 10.9 Å². The molecule has 0 aliphatic heterocycles. The molecule has 4 nitrogen and oxygen atoms in total. The minimum absolute atomic E-state index is 0.0559. The zero-order valence-corrected chi connectivity index (χ0v) is 13.7. The van der Waals surface area contributed by atoms with Crippen molar-refractivity contribution in [1.29, 1.82) is 0 Å². The number of carbonyl (C=O) groups excluding carboxylic acids is 1. The Kier molecular flexibility index (Phi) is 4.88. The highest BCUT2D eigenvalue weighted by Crippen LogP contribution is 2.24. The second-order valence-electron chi connectivity index (χ2n) is 5.23. The monoisotopic (exact) mass is 326 g/mol. The molecular formula is C18H18N2O2S. The zero-order chi connectivity index (χ0) is 16.1. The molecule has 0 fully saturated rings. The normalized spacial score (nSPS) is 10.7. The second-order valence-corrected chi connectivity index (χ2v) is 6.09. The number of furan rings is 1. The predicted molar refractivity (Wildman–Crippen MR) is 91.2 cm³/mol. The van der Waals surface area contributed by atoms with Gasteiger partial charge in [-0.3, -0.25) is 4.79 Å². The average molecular weight is 326 g/mol. The third-order valence-electron chi connectivity index (χ3n) is 3.54. The molecule has 118 valence electrons. The van der Waals surface area contributed by atoms with E-state index in [1.807, 2.05) is 11.4 Å². The van der Waals surface area contributed by atoms with E-state index in [1.54, 1.807) is 23.7 Å². The van der Waals surface area contributed by atoms with Crippen LogP contribution in [0.3, 0.4) is 0 Å². The van der Waals surface area contributed by atoms with Crippen LogP contribution in [-0.4, -0.2) is 10.9 Å². The molecule has 3 rings (SSSR count). The Bertz CT molecular complexity index is 761. The first kappa shape index (κ1) is 15.5. The quantitative estimate of drug-likeness (QED) is 0.749. The molecule has 0 atom stereocenters. The lowest BCUT2D eigenvalue weighted by molar-refractivity contribution is -0.120.